The molecule has 7 heteroatoms. The van der Waals surface area contributed by atoms with Gasteiger partial charge in [-0.2, -0.15) is 5.10 Å². The second kappa shape index (κ2) is 8.38. The first-order valence-electron chi connectivity index (χ1n) is 10.0. The van der Waals surface area contributed by atoms with Crippen molar-refractivity contribution in [1.29, 1.82) is 0 Å². The van der Waals surface area contributed by atoms with Crippen LogP contribution in [0.5, 0.6) is 5.75 Å². The number of aryl methyl sites for hydroxylation is 1. The minimum absolute atomic E-state index is 0.292. The van der Waals surface area contributed by atoms with Gasteiger partial charge in [-0.25, -0.2) is 9.48 Å². The number of hydrogen-bond donors (Lipinski definition) is 0. The predicted octanol–water partition coefficient (Wildman–Crippen LogP) is 5.27. The zero-order valence-electron chi connectivity index (χ0n) is 18.1. The number of nitrogens with zero attached hydrogens (tertiary/aromatic N) is 3. The van der Waals surface area contributed by atoms with Crippen LogP contribution in [0.4, 0.5) is 4.79 Å². The van der Waals surface area contributed by atoms with Crippen LogP contribution in [0, 0.1) is 12.8 Å². The number of halogens is 1. The molecule has 0 atom stereocenters. The molecule has 0 aliphatic carbocycles. The number of carbonyl (C=O) groups is 1. The van der Waals surface area contributed by atoms with Gasteiger partial charge in [-0.05, 0) is 61.2 Å². The minimum atomic E-state index is -0.511. The summed E-state index contributed by atoms with van der Waals surface area (Å²) < 4.78 is 14.4. The van der Waals surface area contributed by atoms with E-state index < -0.39 is 5.60 Å². The molecule has 0 N–H and O–H groups in total. The number of benzene rings is 1. The monoisotopic (exact) mass is 463 g/mol. The highest BCUT2D eigenvalue weighted by molar-refractivity contribution is 9.10. The van der Waals surface area contributed by atoms with E-state index in [2.05, 4.69) is 42.8 Å². The Kier molecular flexibility index (Phi) is 6.27. The summed E-state index contributed by atoms with van der Waals surface area (Å²) in [7, 11) is 0. The van der Waals surface area contributed by atoms with Crippen molar-refractivity contribution in [2.75, 3.05) is 13.2 Å². The Morgan fingerprint density at radius 2 is 2.03 bits per heavy atom. The Morgan fingerprint density at radius 3 is 2.69 bits per heavy atom. The molecule has 0 spiro atoms. The number of hydrogen-bond acceptors (Lipinski definition) is 4. The summed E-state index contributed by atoms with van der Waals surface area (Å²) in [5.41, 5.74) is 3.51. The Labute approximate surface area is 181 Å². The number of rotatable bonds is 4. The van der Waals surface area contributed by atoms with Crippen molar-refractivity contribution in [2.24, 2.45) is 5.92 Å². The highest BCUT2D eigenvalue weighted by atomic mass is 79.9. The topological polar surface area (TPSA) is 56.6 Å². The molecule has 0 bridgehead atoms. The molecule has 158 valence electrons. The van der Waals surface area contributed by atoms with E-state index in [1.165, 1.54) is 0 Å². The lowest BCUT2D eigenvalue weighted by Crippen LogP contribution is -2.39. The zero-order chi connectivity index (χ0) is 21.3. The van der Waals surface area contributed by atoms with Gasteiger partial charge in [-0.15, -0.1) is 0 Å². The third-order valence-corrected chi connectivity index (χ3v) is 5.42. The molecule has 1 aromatic carbocycles. The first-order valence-corrected chi connectivity index (χ1v) is 10.8. The van der Waals surface area contributed by atoms with Crippen molar-refractivity contribution in [3.63, 3.8) is 0 Å². The zero-order valence-corrected chi connectivity index (χ0v) is 19.7. The molecule has 0 radical (unpaired) electrons. The van der Waals surface area contributed by atoms with Crippen LogP contribution in [0.2, 0.25) is 0 Å². The second-order valence-electron chi connectivity index (χ2n) is 8.91. The van der Waals surface area contributed by atoms with E-state index >= 15 is 0 Å². The summed E-state index contributed by atoms with van der Waals surface area (Å²) in [5.74, 6) is 1.24. The fraction of sp³-hybridized carbons (Fsp3) is 0.545. The van der Waals surface area contributed by atoms with Crippen LogP contribution in [0.25, 0.3) is 5.69 Å². The number of ether oxygens (including phenoxy) is 2. The van der Waals surface area contributed by atoms with Gasteiger partial charge in [0.1, 0.15) is 21.6 Å². The number of carbonyl (C=O) groups excluding carboxylic acids is 1. The largest absolute Gasteiger partial charge is 0.491 e. The molecule has 3 rings (SSSR count). The molecule has 0 saturated carbocycles. The maximum atomic E-state index is 12.5. The summed E-state index contributed by atoms with van der Waals surface area (Å²) in [6.45, 7) is 13.7. The predicted molar refractivity (Wildman–Crippen MR) is 117 cm³/mol. The van der Waals surface area contributed by atoms with Crippen molar-refractivity contribution >= 4 is 22.0 Å². The molecule has 0 saturated heterocycles. The van der Waals surface area contributed by atoms with Gasteiger partial charge in [0.25, 0.3) is 0 Å². The quantitative estimate of drug-likeness (QED) is 0.619. The van der Waals surface area contributed by atoms with Gasteiger partial charge < -0.3 is 14.4 Å². The lowest BCUT2D eigenvalue weighted by Gasteiger charge is -2.29. The van der Waals surface area contributed by atoms with Crippen LogP contribution >= 0.6 is 15.9 Å². The molecule has 29 heavy (non-hydrogen) atoms. The molecule has 1 aliphatic heterocycles. The fourth-order valence-electron chi connectivity index (χ4n) is 3.25. The van der Waals surface area contributed by atoms with Crippen LogP contribution in [0.1, 0.15) is 51.4 Å². The van der Waals surface area contributed by atoms with Gasteiger partial charge in [0.05, 0.1) is 18.8 Å². The highest BCUT2D eigenvalue weighted by Crippen LogP contribution is 2.34. The van der Waals surface area contributed by atoms with Crippen LogP contribution in [0.3, 0.4) is 0 Å². The Hall–Kier alpha value is -2.02. The van der Waals surface area contributed by atoms with Gasteiger partial charge in [0.15, 0.2) is 0 Å². The molecule has 0 unspecified atom stereocenters. The summed E-state index contributed by atoms with van der Waals surface area (Å²) in [6.07, 6.45) is 0.397. The molecule has 2 aromatic rings. The van der Waals surface area contributed by atoms with Crippen molar-refractivity contribution in [3.8, 4) is 11.4 Å². The molecule has 1 aliphatic rings. The van der Waals surface area contributed by atoms with Gasteiger partial charge in [0.2, 0.25) is 0 Å². The molecule has 1 aromatic heterocycles. The smallest absolute Gasteiger partial charge is 0.410 e. The Bertz CT molecular complexity index is 899. The maximum Gasteiger partial charge on any atom is 0.410 e. The standard InChI is InChI=1S/C22H30BrN3O3/c1-14(2)13-28-18-9-7-8-15(3)19(18)26-20(23)16-12-25(11-10-17(16)24-26)21(27)29-22(4,5)6/h7-9,14H,10-13H2,1-6H3. The molecule has 2 heterocycles. The van der Waals surface area contributed by atoms with Crippen LogP contribution in [-0.2, 0) is 17.7 Å². The van der Waals surface area contributed by atoms with Crippen LogP contribution in [-0.4, -0.2) is 39.5 Å². The Morgan fingerprint density at radius 1 is 1.31 bits per heavy atom. The summed E-state index contributed by atoms with van der Waals surface area (Å²) in [6, 6.07) is 6.03. The van der Waals surface area contributed by atoms with Crippen LogP contribution in [0.15, 0.2) is 22.8 Å². The first-order chi connectivity index (χ1) is 13.6. The number of fused-ring (bicyclic) bond motifs is 1. The summed E-state index contributed by atoms with van der Waals surface area (Å²) in [4.78, 5) is 14.2. The maximum absolute atomic E-state index is 12.5. The average Bonchev–Trinajstić information content (AvgIpc) is 2.94. The third-order valence-electron chi connectivity index (χ3n) is 4.61. The van der Waals surface area contributed by atoms with E-state index in [1.807, 2.05) is 37.6 Å². The second-order valence-corrected chi connectivity index (χ2v) is 9.66. The van der Waals surface area contributed by atoms with E-state index in [4.69, 9.17) is 14.6 Å². The molecular formula is C22H30BrN3O3. The van der Waals surface area contributed by atoms with Crippen molar-refractivity contribution in [1.82, 2.24) is 14.7 Å². The number of para-hydroxylation sites is 1. The average molecular weight is 464 g/mol. The van der Waals surface area contributed by atoms with E-state index in [-0.39, 0.29) is 6.09 Å². The number of amides is 1. The first kappa shape index (κ1) is 21.7. The molecular weight excluding hydrogens is 434 g/mol. The van der Waals surface area contributed by atoms with E-state index in [1.54, 1.807) is 4.90 Å². The van der Waals surface area contributed by atoms with E-state index in [9.17, 15) is 4.79 Å². The van der Waals surface area contributed by atoms with Gasteiger partial charge >= 0.3 is 6.09 Å². The molecule has 1 amide bonds. The van der Waals surface area contributed by atoms with Crippen LogP contribution < -0.4 is 4.74 Å². The minimum Gasteiger partial charge on any atom is -0.491 e. The van der Waals surface area contributed by atoms with E-state index in [0.29, 0.717) is 32.0 Å². The van der Waals surface area contributed by atoms with Crippen molar-refractivity contribution < 1.29 is 14.3 Å². The Balaban J connectivity index is 1.92. The van der Waals surface area contributed by atoms with Gasteiger partial charge in [-0.3, -0.25) is 0 Å². The molecule has 6 nitrogen and oxygen atoms in total. The van der Waals surface area contributed by atoms with Crippen molar-refractivity contribution in [3.05, 3.63) is 39.6 Å². The summed E-state index contributed by atoms with van der Waals surface area (Å²) >= 11 is 3.73. The highest BCUT2D eigenvalue weighted by Gasteiger charge is 2.30. The van der Waals surface area contributed by atoms with Crippen molar-refractivity contribution in [2.45, 2.75) is 60.1 Å². The lowest BCUT2D eigenvalue weighted by molar-refractivity contribution is 0.0223. The van der Waals surface area contributed by atoms with Gasteiger partial charge in [0, 0.05) is 18.5 Å². The fourth-order valence-corrected chi connectivity index (χ4v) is 3.86. The third kappa shape index (κ3) is 4.94. The van der Waals surface area contributed by atoms with E-state index in [0.717, 1.165) is 32.9 Å². The molecule has 0 fully saturated rings. The normalized spacial score (nSPS) is 14.1. The lowest BCUT2D eigenvalue weighted by atomic mass is 10.1. The van der Waals surface area contributed by atoms with Gasteiger partial charge in [-0.1, -0.05) is 26.0 Å². The summed E-state index contributed by atoms with van der Waals surface area (Å²) in [5, 5.41) is 4.85. The SMILES string of the molecule is Cc1cccc(OCC(C)C)c1-n1nc2c(c1Br)CN(C(=O)OC(C)(C)C)CC2. The number of aromatic nitrogens is 2.